The fraction of sp³-hybridized carbons (Fsp3) is 0.238. The second-order valence-corrected chi connectivity index (χ2v) is 6.39. The lowest BCUT2D eigenvalue weighted by Crippen LogP contribution is -2.37. The first-order valence-electron chi connectivity index (χ1n) is 8.61. The van der Waals surface area contributed by atoms with Gasteiger partial charge in [-0.1, -0.05) is 30.3 Å². The van der Waals surface area contributed by atoms with Gasteiger partial charge in [0.1, 0.15) is 11.4 Å². The maximum absolute atomic E-state index is 13.4. The Labute approximate surface area is 156 Å². The topological polar surface area (TPSA) is 68.5 Å². The molecule has 6 heteroatoms. The summed E-state index contributed by atoms with van der Waals surface area (Å²) in [6.07, 6.45) is -1.01. The van der Waals surface area contributed by atoms with Crippen molar-refractivity contribution in [1.29, 1.82) is 0 Å². The van der Waals surface area contributed by atoms with Crippen LogP contribution < -0.4 is 5.32 Å². The molecule has 2 aromatic carbocycles. The van der Waals surface area contributed by atoms with Gasteiger partial charge in [-0.15, -0.1) is 0 Å². The van der Waals surface area contributed by atoms with Gasteiger partial charge in [0, 0.05) is 10.9 Å². The minimum Gasteiger partial charge on any atom is -0.449 e. The molecule has 0 spiro atoms. The van der Waals surface area contributed by atoms with E-state index < -0.39 is 23.8 Å². The number of carbonyl (C=O) groups excluding carboxylic acids is 2. The summed E-state index contributed by atoms with van der Waals surface area (Å²) >= 11 is 0. The van der Waals surface area contributed by atoms with Crippen LogP contribution >= 0.6 is 0 Å². The van der Waals surface area contributed by atoms with E-state index in [0.29, 0.717) is 16.5 Å². The number of rotatable bonds is 5. The Kier molecular flexibility index (Phi) is 5.26. The van der Waals surface area contributed by atoms with Gasteiger partial charge in [0.2, 0.25) is 5.76 Å². The molecule has 2 unspecified atom stereocenters. The largest absolute Gasteiger partial charge is 0.449 e. The number of hydrogen-bond acceptors (Lipinski definition) is 4. The van der Waals surface area contributed by atoms with Crippen LogP contribution in [0.1, 0.15) is 41.6 Å². The molecular weight excluding hydrogens is 349 g/mol. The molecule has 1 amide bonds. The van der Waals surface area contributed by atoms with Crippen molar-refractivity contribution in [3.63, 3.8) is 0 Å². The monoisotopic (exact) mass is 369 g/mol. The maximum Gasteiger partial charge on any atom is 0.375 e. The van der Waals surface area contributed by atoms with Crippen molar-refractivity contribution in [1.82, 2.24) is 5.32 Å². The minimum atomic E-state index is -1.01. The maximum atomic E-state index is 13.4. The Hall–Kier alpha value is -3.15. The van der Waals surface area contributed by atoms with Crippen LogP contribution in [0.5, 0.6) is 0 Å². The van der Waals surface area contributed by atoms with Crippen molar-refractivity contribution in [3.05, 3.63) is 71.2 Å². The van der Waals surface area contributed by atoms with Crippen LogP contribution in [0, 0.1) is 12.7 Å². The van der Waals surface area contributed by atoms with E-state index in [1.54, 1.807) is 6.92 Å². The van der Waals surface area contributed by atoms with E-state index in [1.165, 1.54) is 25.1 Å². The van der Waals surface area contributed by atoms with E-state index >= 15 is 0 Å². The number of fused-ring (bicyclic) bond motifs is 1. The molecule has 0 saturated carbocycles. The van der Waals surface area contributed by atoms with Gasteiger partial charge in [0.15, 0.2) is 6.10 Å². The Morgan fingerprint density at radius 3 is 2.52 bits per heavy atom. The highest BCUT2D eigenvalue weighted by Crippen LogP contribution is 2.26. The van der Waals surface area contributed by atoms with E-state index in [1.807, 2.05) is 37.3 Å². The number of nitrogens with one attached hydrogen (secondary N) is 1. The summed E-state index contributed by atoms with van der Waals surface area (Å²) in [5, 5.41) is 3.30. The summed E-state index contributed by atoms with van der Waals surface area (Å²) < 4.78 is 24.1. The number of furan rings is 1. The number of ether oxygens (including phenoxy) is 1. The predicted molar refractivity (Wildman–Crippen MR) is 98.8 cm³/mol. The summed E-state index contributed by atoms with van der Waals surface area (Å²) in [6.45, 7) is 4.98. The third kappa shape index (κ3) is 4.00. The highest BCUT2D eigenvalue weighted by molar-refractivity contribution is 5.97. The standard InChI is InChI=1S/C21H20FNO4/c1-12-17-11-16(22)9-10-18(17)27-19(12)21(25)26-14(3)20(24)23-13(2)15-7-5-4-6-8-15/h4-11,13-14H,1-3H3,(H,23,24). The van der Waals surface area contributed by atoms with Gasteiger partial charge >= 0.3 is 5.97 Å². The van der Waals surface area contributed by atoms with Crippen LogP contribution in [0.25, 0.3) is 11.0 Å². The summed E-state index contributed by atoms with van der Waals surface area (Å²) in [6, 6.07) is 13.2. The molecule has 0 aliphatic carbocycles. The normalized spacial score (nSPS) is 13.2. The van der Waals surface area contributed by atoms with Crippen molar-refractivity contribution in [2.45, 2.75) is 32.9 Å². The molecule has 0 bridgehead atoms. The first-order chi connectivity index (χ1) is 12.9. The van der Waals surface area contributed by atoms with Gasteiger partial charge in [0.05, 0.1) is 6.04 Å². The average Bonchev–Trinajstić information content (AvgIpc) is 2.98. The van der Waals surface area contributed by atoms with Gasteiger partial charge < -0.3 is 14.5 Å². The van der Waals surface area contributed by atoms with Crippen LogP contribution in [0.2, 0.25) is 0 Å². The van der Waals surface area contributed by atoms with E-state index in [0.717, 1.165) is 5.56 Å². The SMILES string of the molecule is Cc1c(C(=O)OC(C)C(=O)NC(C)c2ccccc2)oc2ccc(F)cc12. The number of hydrogen-bond donors (Lipinski definition) is 1. The fourth-order valence-corrected chi connectivity index (χ4v) is 2.81. The van der Waals surface area contributed by atoms with Gasteiger partial charge in [-0.3, -0.25) is 4.79 Å². The highest BCUT2D eigenvalue weighted by Gasteiger charge is 2.25. The van der Waals surface area contributed by atoms with E-state index in [2.05, 4.69) is 5.32 Å². The molecule has 3 aromatic rings. The molecule has 5 nitrogen and oxygen atoms in total. The smallest absolute Gasteiger partial charge is 0.375 e. The number of carbonyl (C=O) groups is 2. The van der Waals surface area contributed by atoms with Crippen molar-refractivity contribution in [2.75, 3.05) is 0 Å². The van der Waals surface area contributed by atoms with Gasteiger partial charge in [-0.2, -0.15) is 0 Å². The quantitative estimate of drug-likeness (QED) is 0.681. The molecular formula is C21H20FNO4. The zero-order valence-corrected chi connectivity index (χ0v) is 15.3. The number of halogens is 1. The number of amides is 1. The molecule has 1 aromatic heterocycles. The summed E-state index contributed by atoms with van der Waals surface area (Å²) in [5.41, 5.74) is 1.80. The van der Waals surface area contributed by atoms with E-state index in [-0.39, 0.29) is 11.8 Å². The third-order valence-electron chi connectivity index (χ3n) is 4.40. The van der Waals surface area contributed by atoms with Crippen molar-refractivity contribution in [2.24, 2.45) is 0 Å². The van der Waals surface area contributed by atoms with E-state index in [9.17, 15) is 14.0 Å². The average molecular weight is 369 g/mol. The molecule has 1 heterocycles. The van der Waals surface area contributed by atoms with E-state index in [4.69, 9.17) is 9.15 Å². The highest BCUT2D eigenvalue weighted by atomic mass is 19.1. The molecule has 0 fully saturated rings. The molecule has 27 heavy (non-hydrogen) atoms. The first-order valence-corrected chi connectivity index (χ1v) is 8.61. The Morgan fingerprint density at radius 2 is 1.81 bits per heavy atom. The van der Waals surface area contributed by atoms with Gasteiger partial charge in [0.25, 0.3) is 5.91 Å². The zero-order chi connectivity index (χ0) is 19.6. The third-order valence-corrected chi connectivity index (χ3v) is 4.40. The van der Waals surface area contributed by atoms with Crippen LogP contribution in [0.4, 0.5) is 4.39 Å². The van der Waals surface area contributed by atoms with Gasteiger partial charge in [-0.05, 0) is 44.5 Å². The zero-order valence-electron chi connectivity index (χ0n) is 15.3. The Bertz CT molecular complexity index is 981. The number of esters is 1. The second kappa shape index (κ2) is 7.61. The first kappa shape index (κ1) is 18.6. The number of benzene rings is 2. The summed E-state index contributed by atoms with van der Waals surface area (Å²) in [4.78, 5) is 24.7. The van der Waals surface area contributed by atoms with Crippen LogP contribution in [-0.2, 0) is 9.53 Å². The molecule has 1 N–H and O–H groups in total. The molecule has 0 aliphatic rings. The molecule has 2 atom stereocenters. The Morgan fingerprint density at radius 1 is 1.11 bits per heavy atom. The summed E-state index contributed by atoms with van der Waals surface area (Å²) in [7, 11) is 0. The molecule has 0 radical (unpaired) electrons. The molecule has 3 rings (SSSR count). The van der Waals surface area contributed by atoms with Crippen LogP contribution in [0.15, 0.2) is 52.9 Å². The predicted octanol–water partition coefficient (Wildman–Crippen LogP) is 4.30. The lowest BCUT2D eigenvalue weighted by molar-refractivity contribution is -0.129. The number of aryl methyl sites for hydroxylation is 1. The molecule has 0 saturated heterocycles. The molecule has 140 valence electrons. The van der Waals surface area contributed by atoms with Crippen LogP contribution in [0.3, 0.4) is 0 Å². The van der Waals surface area contributed by atoms with Gasteiger partial charge in [-0.25, -0.2) is 9.18 Å². The molecule has 0 aliphatic heterocycles. The summed E-state index contributed by atoms with van der Waals surface area (Å²) in [5.74, 6) is -1.64. The second-order valence-electron chi connectivity index (χ2n) is 6.39. The lowest BCUT2D eigenvalue weighted by atomic mass is 10.1. The minimum absolute atomic E-state index is 0.0358. The lowest BCUT2D eigenvalue weighted by Gasteiger charge is -2.18. The fourth-order valence-electron chi connectivity index (χ4n) is 2.81. The van der Waals surface area contributed by atoms with Crippen molar-refractivity contribution < 1.29 is 23.1 Å². The Balaban J connectivity index is 1.68. The van der Waals surface area contributed by atoms with Crippen LogP contribution in [-0.4, -0.2) is 18.0 Å². The van der Waals surface area contributed by atoms with Crippen molar-refractivity contribution in [3.8, 4) is 0 Å². The van der Waals surface area contributed by atoms with Crippen molar-refractivity contribution >= 4 is 22.8 Å².